The highest BCUT2D eigenvalue weighted by Crippen LogP contribution is 2.21. The van der Waals surface area contributed by atoms with Crippen LogP contribution in [0, 0.1) is 11.3 Å². The number of nitrogens with zero attached hydrogens (tertiary/aromatic N) is 1. The average Bonchev–Trinajstić information content (AvgIpc) is 2.52. The predicted octanol–water partition coefficient (Wildman–Crippen LogP) is 2.54. The van der Waals surface area contributed by atoms with E-state index in [1.165, 1.54) is 0 Å². The molecule has 23 heavy (non-hydrogen) atoms. The van der Waals surface area contributed by atoms with Gasteiger partial charge in [-0.25, -0.2) is 0 Å². The van der Waals surface area contributed by atoms with Crippen molar-refractivity contribution in [3.63, 3.8) is 0 Å². The van der Waals surface area contributed by atoms with Gasteiger partial charge in [-0.3, -0.25) is 9.59 Å². The Labute approximate surface area is 135 Å². The number of benzene rings is 1. The molecule has 2 rings (SSSR count). The van der Waals surface area contributed by atoms with Gasteiger partial charge < -0.3 is 10.6 Å². The quantitative estimate of drug-likeness (QED) is 0.829. The number of hydrogen-bond acceptors (Lipinski definition) is 5. The lowest BCUT2D eigenvalue weighted by atomic mass is 10.0. The van der Waals surface area contributed by atoms with Gasteiger partial charge in [0.2, 0.25) is 0 Å². The third-order valence-corrected chi connectivity index (χ3v) is 3.58. The standard InChI is InChI=1S/C18H21N3O2/c1-5-12-8-11(9-19)6-7-13(12)10-20-14-15(17(23)16(14)22)21-18(2,3)4/h6-8,20-21H,5,10H2,1-4H3. The minimum absolute atomic E-state index is 0.290. The number of anilines is 2. The maximum absolute atomic E-state index is 11.8. The topological polar surface area (TPSA) is 82.0 Å². The lowest BCUT2D eigenvalue weighted by Gasteiger charge is -2.25. The van der Waals surface area contributed by atoms with Gasteiger partial charge in [0.1, 0.15) is 11.4 Å². The second-order valence-electron chi connectivity index (χ2n) is 6.59. The van der Waals surface area contributed by atoms with Crippen LogP contribution in [0.25, 0.3) is 0 Å². The number of hydrogen-bond donors (Lipinski definition) is 2. The highest BCUT2D eigenvalue weighted by molar-refractivity contribution is 5.74. The van der Waals surface area contributed by atoms with Crippen molar-refractivity contribution in [2.45, 2.75) is 46.2 Å². The Morgan fingerprint density at radius 1 is 1.09 bits per heavy atom. The smallest absolute Gasteiger partial charge is 0.253 e. The van der Waals surface area contributed by atoms with Crippen LogP contribution in [0.5, 0.6) is 0 Å². The second kappa shape index (κ2) is 6.25. The largest absolute Gasteiger partial charge is 0.376 e. The summed E-state index contributed by atoms with van der Waals surface area (Å²) in [7, 11) is 0. The van der Waals surface area contributed by atoms with E-state index in [0.717, 1.165) is 17.5 Å². The number of rotatable bonds is 5. The van der Waals surface area contributed by atoms with Gasteiger partial charge >= 0.3 is 0 Å². The van der Waals surface area contributed by atoms with Gasteiger partial charge in [-0.05, 0) is 50.5 Å². The Morgan fingerprint density at radius 3 is 2.30 bits per heavy atom. The molecule has 2 aromatic carbocycles. The first-order valence-electron chi connectivity index (χ1n) is 7.64. The molecule has 0 bridgehead atoms. The fourth-order valence-corrected chi connectivity index (χ4v) is 2.44. The molecule has 0 aliphatic heterocycles. The maximum atomic E-state index is 11.8. The van der Waals surface area contributed by atoms with Crippen molar-refractivity contribution >= 4 is 11.4 Å². The molecule has 2 aromatic rings. The van der Waals surface area contributed by atoms with Crippen molar-refractivity contribution in [3.05, 3.63) is 55.3 Å². The fourth-order valence-electron chi connectivity index (χ4n) is 2.44. The molecule has 0 radical (unpaired) electrons. The highest BCUT2D eigenvalue weighted by atomic mass is 16.2. The maximum Gasteiger partial charge on any atom is 0.253 e. The van der Waals surface area contributed by atoms with E-state index in [9.17, 15) is 9.59 Å². The van der Waals surface area contributed by atoms with Crippen LogP contribution >= 0.6 is 0 Å². The van der Waals surface area contributed by atoms with Crippen molar-refractivity contribution in [1.82, 2.24) is 0 Å². The molecular formula is C18H21N3O2. The van der Waals surface area contributed by atoms with Gasteiger partial charge in [0.15, 0.2) is 0 Å². The Hall–Kier alpha value is -2.61. The summed E-state index contributed by atoms with van der Waals surface area (Å²) in [6.45, 7) is 8.26. The summed E-state index contributed by atoms with van der Waals surface area (Å²) in [5.41, 5.74) is 2.14. The molecule has 0 fully saturated rings. The first-order chi connectivity index (χ1) is 10.8. The summed E-state index contributed by atoms with van der Waals surface area (Å²) < 4.78 is 0. The summed E-state index contributed by atoms with van der Waals surface area (Å²) in [6.07, 6.45) is 0.797. The molecule has 2 N–H and O–H groups in total. The number of aryl methyl sites for hydroxylation is 1. The molecule has 0 unspecified atom stereocenters. The third-order valence-electron chi connectivity index (χ3n) is 3.58. The van der Waals surface area contributed by atoms with Crippen LogP contribution in [0.2, 0.25) is 0 Å². The zero-order valence-electron chi connectivity index (χ0n) is 13.9. The van der Waals surface area contributed by atoms with Crippen LogP contribution in [0.1, 0.15) is 44.4 Å². The molecule has 5 nitrogen and oxygen atoms in total. The first-order valence-corrected chi connectivity index (χ1v) is 7.64. The van der Waals surface area contributed by atoms with Crippen LogP contribution in [0.4, 0.5) is 11.4 Å². The summed E-state index contributed by atoms with van der Waals surface area (Å²) >= 11 is 0. The molecule has 120 valence electrons. The predicted molar refractivity (Wildman–Crippen MR) is 92.6 cm³/mol. The van der Waals surface area contributed by atoms with Gasteiger partial charge in [0, 0.05) is 12.1 Å². The van der Waals surface area contributed by atoms with Crippen LogP contribution in [-0.2, 0) is 13.0 Å². The van der Waals surface area contributed by atoms with Crippen LogP contribution < -0.4 is 21.5 Å². The molecule has 0 aromatic heterocycles. The third kappa shape index (κ3) is 3.59. The normalized spacial score (nSPS) is 11.3. The SMILES string of the molecule is CCc1cc(C#N)ccc1CNc1c(NC(C)(C)C)c(=O)c1=O. The molecule has 0 aliphatic rings. The Bertz CT molecular complexity index is 831. The average molecular weight is 311 g/mol. The van der Waals surface area contributed by atoms with Crippen LogP contribution in [0.15, 0.2) is 27.8 Å². The summed E-state index contributed by atoms with van der Waals surface area (Å²) in [5, 5.41) is 15.1. The van der Waals surface area contributed by atoms with E-state index in [0.29, 0.717) is 23.5 Å². The van der Waals surface area contributed by atoms with Crippen molar-refractivity contribution in [1.29, 1.82) is 5.26 Å². The molecule has 5 heteroatoms. The minimum Gasteiger partial charge on any atom is -0.376 e. The van der Waals surface area contributed by atoms with E-state index >= 15 is 0 Å². The van der Waals surface area contributed by atoms with Crippen molar-refractivity contribution in [2.24, 2.45) is 0 Å². The van der Waals surface area contributed by atoms with Gasteiger partial charge in [-0.1, -0.05) is 13.0 Å². The van der Waals surface area contributed by atoms with Crippen LogP contribution in [0.3, 0.4) is 0 Å². The van der Waals surface area contributed by atoms with Crippen molar-refractivity contribution in [2.75, 3.05) is 10.6 Å². The van der Waals surface area contributed by atoms with Gasteiger partial charge in [0.25, 0.3) is 10.9 Å². The lowest BCUT2D eigenvalue weighted by Crippen LogP contribution is -2.41. The molecule has 0 spiro atoms. The molecule has 0 atom stereocenters. The zero-order chi connectivity index (χ0) is 17.2. The minimum atomic E-state index is -0.483. The molecule has 0 saturated carbocycles. The van der Waals surface area contributed by atoms with Gasteiger partial charge in [0.05, 0.1) is 11.6 Å². The van der Waals surface area contributed by atoms with E-state index in [4.69, 9.17) is 5.26 Å². The molecule has 0 aliphatic carbocycles. The molecular weight excluding hydrogens is 290 g/mol. The Kier molecular flexibility index (Phi) is 4.55. The number of nitriles is 1. The number of nitrogens with one attached hydrogen (secondary N) is 2. The van der Waals surface area contributed by atoms with E-state index < -0.39 is 10.9 Å². The van der Waals surface area contributed by atoms with Gasteiger partial charge in [-0.2, -0.15) is 5.26 Å². The summed E-state index contributed by atoms with van der Waals surface area (Å²) in [4.78, 5) is 23.5. The lowest BCUT2D eigenvalue weighted by molar-refractivity contribution is 0.632. The molecule has 0 heterocycles. The zero-order valence-corrected chi connectivity index (χ0v) is 13.9. The molecule has 0 amide bonds. The second-order valence-corrected chi connectivity index (χ2v) is 6.59. The van der Waals surface area contributed by atoms with E-state index in [1.807, 2.05) is 39.8 Å². The molecule has 0 saturated heterocycles. The van der Waals surface area contributed by atoms with Crippen LogP contribution in [-0.4, -0.2) is 5.54 Å². The van der Waals surface area contributed by atoms with Crippen molar-refractivity contribution in [3.8, 4) is 6.07 Å². The highest BCUT2D eigenvalue weighted by Gasteiger charge is 2.24. The van der Waals surface area contributed by atoms with Gasteiger partial charge in [-0.15, -0.1) is 0 Å². The Balaban J connectivity index is 2.20. The van der Waals surface area contributed by atoms with E-state index in [2.05, 4.69) is 16.7 Å². The first kappa shape index (κ1) is 16.8. The summed E-state index contributed by atoms with van der Waals surface area (Å²) in [5.74, 6) is 0. The summed E-state index contributed by atoms with van der Waals surface area (Å²) in [6, 6.07) is 7.62. The fraction of sp³-hybridized carbons (Fsp3) is 0.389. The van der Waals surface area contributed by atoms with E-state index in [1.54, 1.807) is 6.07 Å². The van der Waals surface area contributed by atoms with Crippen molar-refractivity contribution < 1.29 is 0 Å². The monoisotopic (exact) mass is 311 g/mol. The van der Waals surface area contributed by atoms with E-state index in [-0.39, 0.29) is 5.54 Å². The Morgan fingerprint density at radius 2 is 1.74 bits per heavy atom.